The molecule has 22 heavy (non-hydrogen) atoms. The molecule has 0 unspecified atom stereocenters. The van der Waals surface area contributed by atoms with Crippen LogP contribution in [0.3, 0.4) is 0 Å². The van der Waals surface area contributed by atoms with Gasteiger partial charge in [-0.1, -0.05) is 25.1 Å². The Morgan fingerprint density at radius 1 is 1.32 bits per heavy atom. The van der Waals surface area contributed by atoms with E-state index in [1.165, 1.54) is 0 Å². The molecule has 0 saturated heterocycles. The molecule has 4 nitrogen and oxygen atoms in total. The van der Waals surface area contributed by atoms with Gasteiger partial charge in [0.2, 0.25) is 5.91 Å². The summed E-state index contributed by atoms with van der Waals surface area (Å²) < 4.78 is 0. The normalized spacial score (nSPS) is 10.6. The molecule has 118 valence electrons. The average molecular weight is 317 g/mol. The van der Waals surface area contributed by atoms with Crippen molar-refractivity contribution in [2.75, 3.05) is 11.9 Å². The summed E-state index contributed by atoms with van der Waals surface area (Å²) in [5, 5.41) is 9.45. The molecule has 0 saturated carbocycles. The van der Waals surface area contributed by atoms with Crippen molar-refractivity contribution in [2.45, 2.75) is 39.7 Å². The lowest BCUT2D eigenvalue weighted by atomic mass is 10.1. The number of nitrogens with one attached hydrogen (secondary N) is 2. The molecule has 2 N–H and O–H groups in total. The van der Waals surface area contributed by atoms with Crippen LogP contribution in [0.1, 0.15) is 36.0 Å². The summed E-state index contributed by atoms with van der Waals surface area (Å²) in [6.45, 7) is 5.75. The van der Waals surface area contributed by atoms with E-state index in [1.54, 1.807) is 11.3 Å². The highest BCUT2D eigenvalue weighted by Gasteiger charge is 2.07. The number of amides is 1. The van der Waals surface area contributed by atoms with Crippen LogP contribution in [0.5, 0.6) is 0 Å². The minimum Gasteiger partial charge on any atom is -0.326 e. The van der Waals surface area contributed by atoms with Gasteiger partial charge < -0.3 is 10.6 Å². The molecule has 5 heteroatoms. The Balaban J connectivity index is 1.81. The Morgan fingerprint density at radius 3 is 2.86 bits per heavy atom. The molecule has 1 heterocycles. The van der Waals surface area contributed by atoms with Crippen molar-refractivity contribution in [1.82, 2.24) is 10.3 Å². The molecular weight excluding hydrogens is 294 g/mol. The Bertz CT molecular complexity index is 609. The van der Waals surface area contributed by atoms with Crippen molar-refractivity contribution >= 4 is 22.9 Å². The van der Waals surface area contributed by atoms with Crippen LogP contribution in [0.25, 0.3) is 0 Å². The highest BCUT2D eigenvalue weighted by molar-refractivity contribution is 7.09. The average Bonchev–Trinajstić information content (AvgIpc) is 2.92. The predicted molar refractivity (Wildman–Crippen MR) is 92.2 cm³/mol. The zero-order chi connectivity index (χ0) is 15.8. The highest BCUT2D eigenvalue weighted by atomic mass is 32.1. The molecule has 2 rings (SSSR count). The Morgan fingerprint density at radius 2 is 2.14 bits per heavy atom. The molecule has 0 atom stereocenters. The topological polar surface area (TPSA) is 54.0 Å². The van der Waals surface area contributed by atoms with Crippen molar-refractivity contribution in [2.24, 2.45) is 0 Å². The Labute approximate surface area is 136 Å². The zero-order valence-electron chi connectivity index (χ0n) is 13.2. The first-order valence-electron chi connectivity index (χ1n) is 7.68. The summed E-state index contributed by atoms with van der Waals surface area (Å²) >= 11 is 1.66. The number of aryl methyl sites for hydroxylation is 2. The Hall–Kier alpha value is -1.72. The monoisotopic (exact) mass is 317 g/mol. The third-order valence-corrected chi connectivity index (χ3v) is 4.18. The third-order valence-electron chi connectivity index (χ3n) is 3.36. The van der Waals surface area contributed by atoms with Gasteiger partial charge in [0.1, 0.15) is 0 Å². The van der Waals surface area contributed by atoms with E-state index in [-0.39, 0.29) is 5.91 Å². The second kappa shape index (κ2) is 8.66. The summed E-state index contributed by atoms with van der Waals surface area (Å²) in [7, 11) is 0. The van der Waals surface area contributed by atoms with Gasteiger partial charge in [0.05, 0.1) is 10.7 Å². The standard InChI is InChI=1S/C17H23N3OS/c1-3-18-11-14-7-4-5-9-16(14)20-17(21)10-6-8-15-12-22-13(2)19-15/h4-5,7,9,12,18H,3,6,8,10-11H2,1-2H3,(H,20,21). The number of aromatic nitrogens is 1. The van der Waals surface area contributed by atoms with Crippen molar-refractivity contribution in [3.8, 4) is 0 Å². The third kappa shape index (κ3) is 5.24. The number of hydrogen-bond donors (Lipinski definition) is 2. The van der Waals surface area contributed by atoms with E-state index in [1.807, 2.05) is 31.2 Å². The van der Waals surface area contributed by atoms with E-state index in [0.29, 0.717) is 6.42 Å². The SMILES string of the molecule is CCNCc1ccccc1NC(=O)CCCc1csc(C)n1. The van der Waals surface area contributed by atoms with E-state index in [2.05, 4.69) is 27.9 Å². The number of carbonyl (C=O) groups excluding carboxylic acids is 1. The van der Waals surface area contributed by atoms with E-state index in [4.69, 9.17) is 0 Å². The number of rotatable bonds is 8. The first-order valence-corrected chi connectivity index (χ1v) is 8.56. The van der Waals surface area contributed by atoms with Gasteiger partial charge in [0.25, 0.3) is 0 Å². The number of anilines is 1. The molecular formula is C17H23N3OS. The summed E-state index contributed by atoms with van der Waals surface area (Å²) in [4.78, 5) is 16.5. The maximum Gasteiger partial charge on any atom is 0.224 e. The van der Waals surface area contributed by atoms with Crippen LogP contribution in [0.15, 0.2) is 29.6 Å². The molecule has 1 aromatic carbocycles. The molecule has 0 radical (unpaired) electrons. The lowest BCUT2D eigenvalue weighted by Crippen LogP contribution is -2.17. The van der Waals surface area contributed by atoms with Crippen molar-refractivity contribution in [1.29, 1.82) is 0 Å². The fraction of sp³-hybridized carbons (Fsp3) is 0.412. The first kappa shape index (κ1) is 16.6. The maximum atomic E-state index is 12.1. The quantitative estimate of drug-likeness (QED) is 0.783. The van der Waals surface area contributed by atoms with E-state index >= 15 is 0 Å². The van der Waals surface area contributed by atoms with Gasteiger partial charge in [0, 0.05) is 24.0 Å². The number of nitrogens with zero attached hydrogens (tertiary/aromatic N) is 1. The van der Waals surface area contributed by atoms with Gasteiger partial charge >= 0.3 is 0 Å². The van der Waals surface area contributed by atoms with Crippen molar-refractivity contribution in [3.05, 3.63) is 45.9 Å². The number of para-hydroxylation sites is 1. The lowest BCUT2D eigenvalue weighted by molar-refractivity contribution is -0.116. The maximum absolute atomic E-state index is 12.1. The van der Waals surface area contributed by atoms with E-state index < -0.39 is 0 Å². The van der Waals surface area contributed by atoms with E-state index in [0.717, 1.165) is 47.9 Å². The Kier molecular flexibility index (Phi) is 6.55. The van der Waals surface area contributed by atoms with Crippen LogP contribution in [-0.4, -0.2) is 17.4 Å². The number of carbonyl (C=O) groups is 1. The molecule has 0 aliphatic heterocycles. The van der Waals surface area contributed by atoms with Crippen LogP contribution in [0.2, 0.25) is 0 Å². The lowest BCUT2D eigenvalue weighted by Gasteiger charge is -2.11. The molecule has 0 aliphatic rings. The van der Waals surface area contributed by atoms with Crippen LogP contribution >= 0.6 is 11.3 Å². The van der Waals surface area contributed by atoms with Gasteiger partial charge in [-0.25, -0.2) is 4.98 Å². The molecule has 0 spiro atoms. The predicted octanol–water partition coefficient (Wildman–Crippen LogP) is 3.52. The van der Waals surface area contributed by atoms with Crippen molar-refractivity contribution in [3.63, 3.8) is 0 Å². The van der Waals surface area contributed by atoms with Gasteiger partial charge in [-0.15, -0.1) is 11.3 Å². The van der Waals surface area contributed by atoms with Crippen LogP contribution in [-0.2, 0) is 17.8 Å². The van der Waals surface area contributed by atoms with Crippen LogP contribution in [0.4, 0.5) is 5.69 Å². The summed E-state index contributed by atoms with van der Waals surface area (Å²) in [5.41, 5.74) is 3.11. The minimum absolute atomic E-state index is 0.0656. The summed E-state index contributed by atoms with van der Waals surface area (Å²) in [6, 6.07) is 7.93. The fourth-order valence-corrected chi connectivity index (χ4v) is 2.87. The molecule has 0 fully saturated rings. The molecule has 1 aromatic heterocycles. The second-order valence-electron chi connectivity index (χ2n) is 5.20. The largest absolute Gasteiger partial charge is 0.326 e. The smallest absolute Gasteiger partial charge is 0.224 e. The first-order chi connectivity index (χ1) is 10.7. The van der Waals surface area contributed by atoms with Gasteiger partial charge in [0.15, 0.2) is 0 Å². The summed E-state index contributed by atoms with van der Waals surface area (Å²) in [6.07, 6.45) is 2.20. The molecule has 1 amide bonds. The van der Waals surface area contributed by atoms with Gasteiger partial charge in [-0.3, -0.25) is 4.79 Å². The minimum atomic E-state index is 0.0656. The number of benzene rings is 1. The number of hydrogen-bond acceptors (Lipinski definition) is 4. The van der Waals surface area contributed by atoms with Crippen molar-refractivity contribution < 1.29 is 4.79 Å². The molecule has 0 bridgehead atoms. The fourth-order valence-electron chi connectivity index (χ4n) is 2.22. The van der Waals surface area contributed by atoms with Crippen LogP contribution < -0.4 is 10.6 Å². The zero-order valence-corrected chi connectivity index (χ0v) is 14.0. The van der Waals surface area contributed by atoms with E-state index in [9.17, 15) is 4.79 Å². The van der Waals surface area contributed by atoms with Crippen LogP contribution in [0, 0.1) is 6.92 Å². The summed E-state index contributed by atoms with van der Waals surface area (Å²) in [5.74, 6) is 0.0656. The highest BCUT2D eigenvalue weighted by Crippen LogP contribution is 2.16. The van der Waals surface area contributed by atoms with Gasteiger partial charge in [-0.2, -0.15) is 0 Å². The molecule has 0 aliphatic carbocycles. The molecule has 2 aromatic rings. The number of thiazole rings is 1. The second-order valence-corrected chi connectivity index (χ2v) is 6.26. The van der Waals surface area contributed by atoms with Gasteiger partial charge in [-0.05, 0) is 37.9 Å².